The Morgan fingerprint density at radius 3 is 2.62 bits per heavy atom. The molecule has 1 aromatic rings. The maximum atomic E-state index is 11.5. The first-order valence-electron chi connectivity index (χ1n) is 4.08. The first-order chi connectivity index (χ1) is 6.24. The van der Waals surface area contributed by atoms with Crippen molar-refractivity contribution >= 4 is 31.9 Å². The van der Waals surface area contributed by atoms with Gasteiger partial charge in [-0.15, -0.1) is 0 Å². The second-order valence-electron chi connectivity index (χ2n) is 2.68. The van der Waals surface area contributed by atoms with E-state index in [1.165, 1.54) is 4.74 Å². The molecule has 0 radical (unpaired) electrons. The summed E-state index contributed by atoms with van der Waals surface area (Å²) in [5.74, 6) is 0.795. The van der Waals surface area contributed by atoms with Crippen molar-refractivity contribution in [2.75, 3.05) is 0 Å². The van der Waals surface area contributed by atoms with Gasteiger partial charge in [0.2, 0.25) is 0 Å². The number of nitrogens with zero attached hydrogens (tertiary/aromatic N) is 1. The van der Waals surface area contributed by atoms with Crippen LogP contribution in [-0.2, 0) is 17.2 Å². The van der Waals surface area contributed by atoms with Gasteiger partial charge in [-0.05, 0) is 6.42 Å². The zero-order chi connectivity index (χ0) is 9.84. The molecule has 1 heterocycles. The third kappa shape index (κ3) is 2.26. The van der Waals surface area contributed by atoms with Crippen LogP contribution in [-0.4, -0.2) is 4.74 Å². The van der Waals surface area contributed by atoms with Crippen molar-refractivity contribution in [3.63, 3.8) is 0 Å². The minimum atomic E-state index is -0.0443. The molecule has 0 aliphatic heterocycles. The van der Waals surface area contributed by atoms with E-state index >= 15 is 0 Å². The lowest BCUT2D eigenvalue weighted by atomic mass is 10.2. The van der Waals surface area contributed by atoms with Crippen molar-refractivity contribution in [1.29, 1.82) is 0 Å². The number of hydrogen-bond donors (Lipinski definition) is 0. The average molecular weight is 313 g/mol. The summed E-state index contributed by atoms with van der Waals surface area (Å²) < 4.78 is 6.67. The van der Waals surface area contributed by atoms with E-state index in [2.05, 4.69) is 38.8 Å². The predicted octanol–water partition coefficient (Wildman–Crippen LogP) is 2.64. The summed E-state index contributed by atoms with van der Waals surface area (Å²) in [6.07, 6.45) is 1.80. The van der Waals surface area contributed by atoms with Crippen LogP contribution < -0.4 is 5.56 Å². The van der Waals surface area contributed by atoms with E-state index < -0.39 is 0 Å². The molecule has 0 bridgehead atoms. The van der Waals surface area contributed by atoms with Crippen LogP contribution in [0.25, 0.3) is 0 Å². The second kappa shape index (κ2) is 5.00. The van der Waals surface area contributed by atoms with Crippen LogP contribution in [0.5, 0.6) is 0 Å². The Kier molecular flexibility index (Phi) is 4.25. The Morgan fingerprint density at radius 2 is 2.15 bits per heavy atom. The number of aromatic nitrogens is 1. The summed E-state index contributed by atoms with van der Waals surface area (Å²) >= 11 is 6.47. The SMILES string of the molecule is CCCc1on(CBr)c(=O)c1CBr. The summed E-state index contributed by atoms with van der Waals surface area (Å²) in [5, 5.41) is 0.560. The molecular weight excluding hydrogens is 302 g/mol. The van der Waals surface area contributed by atoms with Gasteiger partial charge in [0.15, 0.2) is 0 Å². The van der Waals surface area contributed by atoms with Gasteiger partial charge in [0.05, 0.1) is 5.56 Å². The van der Waals surface area contributed by atoms with Crippen LogP contribution >= 0.6 is 31.9 Å². The Hall–Kier alpha value is -0.0300. The zero-order valence-corrected chi connectivity index (χ0v) is 10.5. The molecule has 0 saturated carbocycles. The largest absolute Gasteiger partial charge is 0.380 e. The molecule has 1 rings (SSSR count). The lowest BCUT2D eigenvalue weighted by molar-refractivity contribution is 0.272. The average Bonchev–Trinajstić information content (AvgIpc) is 2.43. The highest BCUT2D eigenvalue weighted by Gasteiger charge is 2.13. The van der Waals surface area contributed by atoms with Crippen molar-refractivity contribution in [3.8, 4) is 0 Å². The molecule has 0 aliphatic rings. The first kappa shape index (κ1) is 11.0. The van der Waals surface area contributed by atoms with E-state index in [1.54, 1.807) is 0 Å². The van der Waals surface area contributed by atoms with Gasteiger partial charge < -0.3 is 4.52 Å². The minimum Gasteiger partial charge on any atom is -0.380 e. The smallest absolute Gasteiger partial charge is 0.287 e. The number of aryl methyl sites for hydroxylation is 1. The Labute approximate surface area is 93.3 Å². The molecule has 0 spiro atoms. The van der Waals surface area contributed by atoms with Gasteiger partial charge in [-0.3, -0.25) is 4.79 Å². The normalized spacial score (nSPS) is 10.7. The molecule has 0 saturated heterocycles. The quantitative estimate of drug-likeness (QED) is 0.801. The van der Waals surface area contributed by atoms with Crippen LogP contribution in [0.1, 0.15) is 24.7 Å². The van der Waals surface area contributed by atoms with Crippen LogP contribution in [0.15, 0.2) is 9.32 Å². The number of halogens is 2. The van der Waals surface area contributed by atoms with Crippen molar-refractivity contribution in [3.05, 3.63) is 21.7 Å². The fourth-order valence-corrected chi connectivity index (χ4v) is 2.02. The summed E-state index contributed by atoms with van der Waals surface area (Å²) in [6.45, 7) is 2.06. The number of rotatable bonds is 4. The van der Waals surface area contributed by atoms with Crippen LogP contribution in [0.3, 0.4) is 0 Å². The highest BCUT2D eigenvalue weighted by molar-refractivity contribution is 9.08. The molecule has 0 amide bonds. The summed E-state index contributed by atoms with van der Waals surface area (Å²) in [7, 11) is 0. The second-order valence-corrected chi connectivity index (χ2v) is 3.74. The van der Waals surface area contributed by atoms with Crippen LogP contribution in [0.4, 0.5) is 0 Å². The van der Waals surface area contributed by atoms with Gasteiger partial charge >= 0.3 is 0 Å². The molecule has 13 heavy (non-hydrogen) atoms. The highest BCUT2D eigenvalue weighted by atomic mass is 79.9. The van der Waals surface area contributed by atoms with Crippen molar-refractivity contribution < 1.29 is 4.52 Å². The van der Waals surface area contributed by atoms with E-state index in [-0.39, 0.29) is 5.56 Å². The lowest BCUT2D eigenvalue weighted by Gasteiger charge is -1.92. The lowest BCUT2D eigenvalue weighted by Crippen LogP contribution is -2.14. The van der Waals surface area contributed by atoms with Crippen molar-refractivity contribution in [2.24, 2.45) is 0 Å². The molecular formula is C8H11Br2NO2. The van der Waals surface area contributed by atoms with E-state index in [9.17, 15) is 4.79 Å². The topological polar surface area (TPSA) is 35.1 Å². The van der Waals surface area contributed by atoms with E-state index in [0.717, 1.165) is 24.2 Å². The summed E-state index contributed by atoms with van der Waals surface area (Å²) in [4.78, 5) is 11.5. The van der Waals surface area contributed by atoms with Crippen molar-refractivity contribution in [2.45, 2.75) is 30.5 Å². The van der Waals surface area contributed by atoms with Gasteiger partial charge in [0.25, 0.3) is 5.56 Å². The number of alkyl halides is 2. The minimum absolute atomic E-state index is 0.0443. The molecule has 0 unspecified atom stereocenters. The monoisotopic (exact) mass is 311 g/mol. The van der Waals surface area contributed by atoms with E-state index in [1.807, 2.05) is 0 Å². The fraction of sp³-hybridized carbons (Fsp3) is 0.625. The molecule has 0 fully saturated rings. The van der Waals surface area contributed by atoms with E-state index in [4.69, 9.17) is 4.52 Å². The summed E-state index contributed by atoms with van der Waals surface area (Å²) in [6, 6.07) is 0. The Bertz CT molecular complexity index is 329. The molecule has 5 heteroatoms. The maximum absolute atomic E-state index is 11.5. The Morgan fingerprint density at radius 1 is 1.46 bits per heavy atom. The maximum Gasteiger partial charge on any atom is 0.287 e. The van der Waals surface area contributed by atoms with E-state index in [0.29, 0.717) is 10.8 Å². The highest BCUT2D eigenvalue weighted by Crippen LogP contribution is 2.12. The van der Waals surface area contributed by atoms with Gasteiger partial charge in [-0.25, -0.2) is 0 Å². The summed E-state index contributed by atoms with van der Waals surface area (Å²) in [5.41, 5.74) is 1.11. The van der Waals surface area contributed by atoms with Gasteiger partial charge in [0.1, 0.15) is 11.2 Å². The van der Waals surface area contributed by atoms with Gasteiger partial charge in [-0.2, -0.15) is 4.74 Å². The zero-order valence-electron chi connectivity index (χ0n) is 7.35. The molecule has 3 nitrogen and oxygen atoms in total. The van der Waals surface area contributed by atoms with Crippen molar-refractivity contribution in [1.82, 2.24) is 4.74 Å². The van der Waals surface area contributed by atoms with Gasteiger partial charge in [0, 0.05) is 11.8 Å². The molecule has 1 aromatic heterocycles. The molecule has 0 atom stereocenters. The third-order valence-corrected chi connectivity index (χ3v) is 2.78. The first-order valence-corrected chi connectivity index (χ1v) is 6.32. The third-order valence-electron chi connectivity index (χ3n) is 1.76. The molecule has 0 aliphatic carbocycles. The van der Waals surface area contributed by atoms with Gasteiger partial charge in [-0.1, -0.05) is 38.8 Å². The van der Waals surface area contributed by atoms with Crippen LogP contribution in [0.2, 0.25) is 0 Å². The molecule has 0 N–H and O–H groups in total. The molecule has 74 valence electrons. The fourth-order valence-electron chi connectivity index (χ4n) is 1.13. The predicted molar refractivity (Wildman–Crippen MR) is 58.5 cm³/mol. The Balaban J connectivity index is 3.12. The number of hydrogen-bond acceptors (Lipinski definition) is 2. The van der Waals surface area contributed by atoms with Crippen LogP contribution in [0, 0.1) is 0 Å². The standard InChI is InChI=1S/C8H11Br2NO2/c1-2-3-7-6(4-9)8(12)11(5-10)13-7/h2-5H2,1H3. The molecule has 0 aromatic carbocycles.